The summed E-state index contributed by atoms with van der Waals surface area (Å²) >= 11 is 1.28. The molecule has 0 saturated heterocycles. The SMILES string of the molecule is O=Cc1cc(F)ccc1Sc1cnccn1. The van der Waals surface area contributed by atoms with Gasteiger partial charge in [-0.1, -0.05) is 11.8 Å². The molecule has 0 unspecified atom stereocenters. The van der Waals surface area contributed by atoms with E-state index in [9.17, 15) is 9.18 Å². The maximum Gasteiger partial charge on any atom is 0.151 e. The number of carbonyl (C=O) groups excluding carboxylic acids is 1. The van der Waals surface area contributed by atoms with Gasteiger partial charge in [0.15, 0.2) is 6.29 Å². The highest BCUT2D eigenvalue weighted by Crippen LogP contribution is 2.28. The summed E-state index contributed by atoms with van der Waals surface area (Å²) < 4.78 is 12.9. The highest BCUT2D eigenvalue weighted by molar-refractivity contribution is 7.99. The minimum absolute atomic E-state index is 0.315. The van der Waals surface area contributed by atoms with Crippen molar-refractivity contribution >= 4 is 18.0 Å². The van der Waals surface area contributed by atoms with Crippen molar-refractivity contribution in [2.24, 2.45) is 0 Å². The zero-order chi connectivity index (χ0) is 11.4. The van der Waals surface area contributed by atoms with Crippen LogP contribution in [-0.2, 0) is 0 Å². The summed E-state index contributed by atoms with van der Waals surface area (Å²) in [6.45, 7) is 0. The van der Waals surface area contributed by atoms with Crippen LogP contribution in [0.5, 0.6) is 0 Å². The second kappa shape index (κ2) is 4.85. The van der Waals surface area contributed by atoms with Crippen LogP contribution in [0.4, 0.5) is 4.39 Å². The van der Waals surface area contributed by atoms with E-state index < -0.39 is 5.82 Å². The first-order valence-corrected chi connectivity index (χ1v) is 5.30. The molecule has 0 atom stereocenters. The van der Waals surface area contributed by atoms with Crippen LogP contribution in [0.25, 0.3) is 0 Å². The summed E-state index contributed by atoms with van der Waals surface area (Å²) in [5.41, 5.74) is 0.315. The lowest BCUT2D eigenvalue weighted by molar-refractivity contribution is 0.112. The van der Waals surface area contributed by atoms with Crippen LogP contribution in [0.1, 0.15) is 10.4 Å². The molecule has 0 radical (unpaired) electrons. The largest absolute Gasteiger partial charge is 0.298 e. The van der Waals surface area contributed by atoms with E-state index in [1.54, 1.807) is 24.7 Å². The molecule has 0 aliphatic carbocycles. The van der Waals surface area contributed by atoms with Gasteiger partial charge in [-0.15, -0.1) is 0 Å². The summed E-state index contributed by atoms with van der Waals surface area (Å²) in [4.78, 5) is 19.4. The molecular formula is C11H7FN2OS. The van der Waals surface area contributed by atoms with Crippen LogP contribution in [0, 0.1) is 5.82 Å². The minimum atomic E-state index is -0.425. The number of carbonyl (C=O) groups is 1. The molecular weight excluding hydrogens is 227 g/mol. The highest BCUT2D eigenvalue weighted by Gasteiger charge is 2.05. The Kier molecular flexibility index (Phi) is 3.26. The highest BCUT2D eigenvalue weighted by atomic mass is 32.2. The molecule has 0 amide bonds. The number of hydrogen-bond donors (Lipinski definition) is 0. The van der Waals surface area contributed by atoms with Crippen molar-refractivity contribution < 1.29 is 9.18 Å². The second-order valence-electron chi connectivity index (χ2n) is 2.95. The quantitative estimate of drug-likeness (QED) is 0.765. The fraction of sp³-hybridized carbons (Fsp3) is 0. The van der Waals surface area contributed by atoms with E-state index >= 15 is 0 Å². The van der Waals surface area contributed by atoms with Crippen LogP contribution < -0.4 is 0 Å². The summed E-state index contributed by atoms with van der Waals surface area (Å²) in [6.07, 6.45) is 5.34. The molecule has 2 rings (SSSR count). The number of aromatic nitrogens is 2. The average molecular weight is 234 g/mol. The fourth-order valence-electron chi connectivity index (χ4n) is 1.16. The smallest absolute Gasteiger partial charge is 0.151 e. The lowest BCUT2D eigenvalue weighted by Gasteiger charge is -2.03. The van der Waals surface area contributed by atoms with Crippen molar-refractivity contribution in [3.63, 3.8) is 0 Å². The van der Waals surface area contributed by atoms with E-state index in [2.05, 4.69) is 9.97 Å². The van der Waals surface area contributed by atoms with Crippen LogP contribution in [0.2, 0.25) is 0 Å². The van der Waals surface area contributed by atoms with E-state index in [0.29, 0.717) is 21.8 Å². The Morgan fingerprint density at radius 2 is 2.19 bits per heavy atom. The van der Waals surface area contributed by atoms with Crippen molar-refractivity contribution in [2.45, 2.75) is 9.92 Å². The van der Waals surface area contributed by atoms with Gasteiger partial charge in [-0.25, -0.2) is 9.37 Å². The topological polar surface area (TPSA) is 42.9 Å². The van der Waals surface area contributed by atoms with Crippen molar-refractivity contribution in [2.75, 3.05) is 0 Å². The molecule has 0 saturated carbocycles. The molecule has 80 valence electrons. The Morgan fingerprint density at radius 3 is 2.88 bits per heavy atom. The minimum Gasteiger partial charge on any atom is -0.298 e. The van der Waals surface area contributed by atoms with Gasteiger partial charge in [-0.05, 0) is 18.2 Å². The Morgan fingerprint density at radius 1 is 1.31 bits per heavy atom. The number of nitrogens with zero attached hydrogens (tertiary/aromatic N) is 2. The van der Waals surface area contributed by atoms with Crippen molar-refractivity contribution in [3.05, 3.63) is 48.2 Å². The predicted molar refractivity (Wildman–Crippen MR) is 57.9 cm³/mol. The lowest BCUT2D eigenvalue weighted by atomic mass is 10.2. The first-order chi connectivity index (χ1) is 7.79. The normalized spacial score (nSPS) is 10.1. The van der Waals surface area contributed by atoms with Gasteiger partial charge in [0.25, 0.3) is 0 Å². The predicted octanol–water partition coefficient (Wildman–Crippen LogP) is 2.58. The molecule has 0 fully saturated rings. The molecule has 0 spiro atoms. The molecule has 5 heteroatoms. The third-order valence-electron chi connectivity index (χ3n) is 1.85. The van der Waals surface area contributed by atoms with E-state index in [-0.39, 0.29) is 0 Å². The average Bonchev–Trinajstić information content (AvgIpc) is 2.33. The molecule has 1 heterocycles. The van der Waals surface area contributed by atoms with Crippen molar-refractivity contribution in [1.82, 2.24) is 9.97 Å². The zero-order valence-corrected chi connectivity index (χ0v) is 8.95. The monoisotopic (exact) mass is 234 g/mol. The molecule has 0 aliphatic rings. The molecule has 16 heavy (non-hydrogen) atoms. The number of halogens is 1. The van der Waals surface area contributed by atoms with E-state index in [1.807, 2.05) is 0 Å². The standard InChI is InChI=1S/C11H7FN2OS/c12-9-1-2-10(8(5-9)7-15)16-11-6-13-3-4-14-11/h1-7H. The van der Waals surface area contributed by atoms with Gasteiger partial charge in [-0.3, -0.25) is 9.78 Å². The van der Waals surface area contributed by atoms with E-state index in [0.717, 1.165) is 0 Å². The summed E-state index contributed by atoms with van der Waals surface area (Å²) in [5.74, 6) is -0.425. The van der Waals surface area contributed by atoms with Crippen LogP contribution in [-0.4, -0.2) is 16.3 Å². The Bertz CT molecular complexity index is 505. The van der Waals surface area contributed by atoms with Gasteiger partial charge in [0, 0.05) is 22.9 Å². The van der Waals surface area contributed by atoms with Gasteiger partial charge in [-0.2, -0.15) is 0 Å². The first-order valence-electron chi connectivity index (χ1n) is 4.48. The number of aldehydes is 1. The van der Waals surface area contributed by atoms with Gasteiger partial charge >= 0.3 is 0 Å². The number of benzene rings is 1. The fourth-order valence-corrected chi connectivity index (χ4v) is 1.97. The van der Waals surface area contributed by atoms with Gasteiger partial charge < -0.3 is 0 Å². The molecule has 1 aromatic carbocycles. The Hall–Kier alpha value is -1.75. The van der Waals surface area contributed by atoms with Gasteiger partial charge in [0.05, 0.1) is 6.20 Å². The summed E-state index contributed by atoms with van der Waals surface area (Å²) in [5, 5.41) is 0.664. The van der Waals surface area contributed by atoms with Crippen molar-refractivity contribution in [3.8, 4) is 0 Å². The number of hydrogen-bond acceptors (Lipinski definition) is 4. The molecule has 0 aliphatic heterocycles. The van der Waals surface area contributed by atoms with E-state index in [4.69, 9.17) is 0 Å². The second-order valence-corrected chi connectivity index (χ2v) is 4.01. The number of rotatable bonds is 3. The van der Waals surface area contributed by atoms with Crippen LogP contribution in [0.15, 0.2) is 46.7 Å². The molecule has 0 bridgehead atoms. The van der Waals surface area contributed by atoms with E-state index in [1.165, 1.54) is 23.9 Å². The zero-order valence-electron chi connectivity index (χ0n) is 8.13. The molecule has 2 aromatic rings. The molecule has 3 nitrogen and oxygen atoms in total. The summed E-state index contributed by atoms with van der Waals surface area (Å²) in [7, 11) is 0. The Labute approximate surface area is 95.7 Å². The van der Waals surface area contributed by atoms with Crippen molar-refractivity contribution in [1.29, 1.82) is 0 Å². The maximum absolute atomic E-state index is 12.9. The van der Waals surface area contributed by atoms with Gasteiger partial charge in [0.2, 0.25) is 0 Å². The van der Waals surface area contributed by atoms with Crippen LogP contribution in [0.3, 0.4) is 0 Å². The van der Waals surface area contributed by atoms with Gasteiger partial charge in [0.1, 0.15) is 10.8 Å². The third-order valence-corrected chi connectivity index (χ3v) is 2.86. The lowest BCUT2D eigenvalue weighted by Crippen LogP contribution is -1.88. The maximum atomic E-state index is 12.9. The Balaban J connectivity index is 2.31. The molecule has 0 N–H and O–H groups in total. The molecule has 1 aromatic heterocycles. The first kappa shape index (κ1) is 10.8. The summed E-state index contributed by atoms with van der Waals surface area (Å²) in [6, 6.07) is 4.07. The third kappa shape index (κ3) is 2.43. The van der Waals surface area contributed by atoms with Crippen LogP contribution >= 0.6 is 11.8 Å².